The Morgan fingerprint density at radius 2 is 1.71 bits per heavy atom. The molecule has 0 unspecified atom stereocenters. The number of aryl methyl sites for hydroxylation is 1. The van der Waals surface area contributed by atoms with Crippen molar-refractivity contribution in [1.29, 1.82) is 0 Å². The summed E-state index contributed by atoms with van der Waals surface area (Å²) in [4.78, 5) is 24.9. The highest BCUT2D eigenvalue weighted by Gasteiger charge is 2.08. The Balaban J connectivity index is 1.39. The van der Waals surface area contributed by atoms with E-state index in [1.165, 1.54) is 22.5 Å². The molecule has 0 fully saturated rings. The molecule has 144 valence electrons. The zero-order valence-electron chi connectivity index (χ0n) is 15.6. The second-order valence-electron chi connectivity index (χ2n) is 6.30. The number of rotatable bonds is 8. The summed E-state index contributed by atoms with van der Waals surface area (Å²) in [6.07, 6.45) is 0. The first-order chi connectivity index (χ1) is 13.6. The summed E-state index contributed by atoms with van der Waals surface area (Å²) in [6.45, 7) is 2.70. The van der Waals surface area contributed by atoms with E-state index in [1.54, 1.807) is 42.1 Å². The maximum absolute atomic E-state index is 12.2. The fourth-order valence-corrected chi connectivity index (χ4v) is 3.96. The van der Waals surface area contributed by atoms with E-state index in [0.717, 1.165) is 11.5 Å². The van der Waals surface area contributed by atoms with Crippen LogP contribution in [0.4, 0.5) is 5.69 Å². The Morgan fingerprint density at radius 3 is 2.39 bits per heavy atom. The second-order valence-corrected chi connectivity index (χ2v) is 8.36. The molecule has 2 N–H and O–H groups in total. The SMILES string of the molecule is Cc1ccc(CSCCNC(=O)c2ccc(NC(=O)c3cccs3)cc2)cc1. The molecule has 1 aromatic heterocycles. The number of benzene rings is 2. The van der Waals surface area contributed by atoms with Crippen LogP contribution in [0.15, 0.2) is 66.0 Å². The summed E-state index contributed by atoms with van der Waals surface area (Å²) in [5.74, 6) is 1.55. The van der Waals surface area contributed by atoms with E-state index in [-0.39, 0.29) is 11.8 Å². The highest BCUT2D eigenvalue weighted by Crippen LogP contribution is 2.15. The van der Waals surface area contributed by atoms with E-state index in [0.29, 0.717) is 22.7 Å². The second kappa shape index (κ2) is 10.1. The minimum Gasteiger partial charge on any atom is -0.351 e. The van der Waals surface area contributed by atoms with Crippen molar-refractivity contribution in [2.24, 2.45) is 0 Å². The van der Waals surface area contributed by atoms with Gasteiger partial charge in [-0.1, -0.05) is 35.9 Å². The van der Waals surface area contributed by atoms with Crippen LogP contribution in [0.5, 0.6) is 0 Å². The summed E-state index contributed by atoms with van der Waals surface area (Å²) in [6, 6.07) is 19.1. The van der Waals surface area contributed by atoms with Crippen molar-refractivity contribution in [3.8, 4) is 0 Å². The quantitative estimate of drug-likeness (QED) is 0.515. The van der Waals surface area contributed by atoms with Crippen LogP contribution in [0.25, 0.3) is 0 Å². The Kier molecular flexibility index (Phi) is 7.28. The zero-order chi connectivity index (χ0) is 19.8. The van der Waals surface area contributed by atoms with Crippen molar-refractivity contribution in [2.75, 3.05) is 17.6 Å². The topological polar surface area (TPSA) is 58.2 Å². The summed E-state index contributed by atoms with van der Waals surface area (Å²) in [7, 11) is 0. The molecule has 0 aliphatic rings. The maximum atomic E-state index is 12.2. The van der Waals surface area contributed by atoms with Gasteiger partial charge in [-0.15, -0.1) is 11.3 Å². The highest BCUT2D eigenvalue weighted by atomic mass is 32.2. The molecule has 6 heteroatoms. The Hall–Kier alpha value is -2.57. The van der Waals surface area contributed by atoms with Crippen molar-refractivity contribution in [2.45, 2.75) is 12.7 Å². The normalized spacial score (nSPS) is 10.5. The molecule has 0 spiro atoms. The summed E-state index contributed by atoms with van der Waals surface area (Å²) >= 11 is 3.19. The average molecular weight is 411 g/mol. The third-order valence-electron chi connectivity index (χ3n) is 4.07. The standard InChI is InChI=1S/C22H22N2O2S2/c1-16-4-6-17(7-5-16)15-27-14-12-23-21(25)18-8-10-19(11-9-18)24-22(26)20-3-2-13-28-20/h2-11,13H,12,14-15H2,1H3,(H,23,25)(H,24,26). The number of carbonyl (C=O) groups is 2. The lowest BCUT2D eigenvalue weighted by Crippen LogP contribution is -2.25. The molecular weight excluding hydrogens is 388 g/mol. The highest BCUT2D eigenvalue weighted by molar-refractivity contribution is 7.98. The lowest BCUT2D eigenvalue weighted by Gasteiger charge is -2.07. The van der Waals surface area contributed by atoms with Gasteiger partial charge in [-0.05, 0) is 48.2 Å². The molecular formula is C22H22N2O2S2. The van der Waals surface area contributed by atoms with Crippen LogP contribution >= 0.6 is 23.1 Å². The fourth-order valence-electron chi connectivity index (χ4n) is 2.52. The van der Waals surface area contributed by atoms with Gasteiger partial charge < -0.3 is 10.6 Å². The number of hydrogen-bond donors (Lipinski definition) is 2. The van der Waals surface area contributed by atoms with Gasteiger partial charge >= 0.3 is 0 Å². The first-order valence-electron chi connectivity index (χ1n) is 8.98. The maximum Gasteiger partial charge on any atom is 0.265 e. The number of thiophene rings is 1. The largest absolute Gasteiger partial charge is 0.351 e. The lowest BCUT2D eigenvalue weighted by molar-refractivity contribution is 0.0955. The predicted octanol–water partition coefficient (Wildman–Crippen LogP) is 4.97. The van der Waals surface area contributed by atoms with Crippen LogP contribution in [0.1, 0.15) is 31.2 Å². The smallest absolute Gasteiger partial charge is 0.265 e. The van der Waals surface area contributed by atoms with E-state index in [4.69, 9.17) is 0 Å². The minimum atomic E-state index is -0.141. The van der Waals surface area contributed by atoms with Gasteiger partial charge in [-0.3, -0.25) is 9.59 Å². The molecule has 0 atom stereocenters. The average Bonchev–Trinajstić information content (AvgIpc) is 3.24. The van der Waals surface area contributed by atoms with Gasteiger partial charge in [0.1, 0.15) is 0 Å². The van der Waals surface area contributed by atoms with Crippen molar-refractivity contribution in [3.63, 3.8) is 0 Å². The van der Waals surface area contributed by atoms with Gasteiger partial charge in [0.2, 0.25) is 0 Å². The molecule has 0 bridgehead atoms. The number of amides is 2. The third-order valence-corrected chi connectivity index (χ3v) is 5.97. The molecule has 3 rings (SSSR count). The van der Waals surface area contributed by atoms with E-state index in [2.05, 4.69) is 41.8 Å². The predicted molar refractivity (Wildman–Crippen MR) is 118 cm³/mol. The number of hydrogen-bond acceptors (Lipinski definition) is 4. The van der Waals surface area contributed by atoms with Crippen LogP contribution in [0, 0.1) is 6.92 Å². The molecule has 28 heavy (non-hydrogen) atoms. The molecule has 2 amide bonds. The monoisotopic (exact) mass is 410 g/mol. The van der Waals surface area contributed by atoms with E-state index < -0.39 is 0 Å². The van der Waals surface area contributed by atoms with E-state index >= 15 is 0 Å². The van der Waals surface area contributed by atoms with Crippen LogP contribution in [-0.2, 0) is 5.75 Å². The molecule has 1 heterocycles. The van der Waals surface area contributed by atoms with Crippen LogP contribution in [-0.4, -0.2) is 24.1 Å². The van der Waals surface area contributed by atoms with Gasteiger partial charge in [0.15, 0.2) is 0 Å². The Bertz CT molecular complexity index is 905. The zero-order valence-corrected chi connectivity index (χ0v) is 17.2. The van der Waals surface area contributed by atoms with E-state index in [9.17, 15) is 9.59 Å². The van der Waals surface area contributed by atoms with Gasteiger partial charge in [0, 0.05) is 29.3 Å². The van der Waals surface area contributed by atoms with Gasteiger partial charge in [0.25, 0.3) is 11.8 Å². The number of thioether (sulfide) groups is 1. The van der Waals surface area contributed by atoms with E-state index in [1.807, 2.05) is 11.4 Å². The molecule has 0 saturated heterocycles. The van der Waals surface area contributed by atoms with Crippen LogP contribution in [0.3, 0.4) is 0 Å². The minimum absolute atomic E-state index is 0.105. The summed E-state index contributed by atoms with van der Waals surface area (Å²) in [5.41, 5.74) is 3.81. The first kappa shape index (κ1) is 20.2. The lowest BCUT2D eigenvalue weighted by atomic mass is 10.2. The van der Waals surface area contributed by atoms with Gasteiger partial charge in [-0.25, -0.2) is 0 Å². The number of carbonyl (C=O) groups excluding carboxylic acids is 2. The fraction of sp³-hybridized carbons (Fsp3) is 0.182. The van der Waals surface area contributed by atoms with Crippen molar-refractivity contribution < 1.29 is 9.59 Å². The molecule has 0 aliphatic heterocycles. The van der Waals surface area contributed by atoms with Gasteiger partial charge in [-0.2, -0.15) is 11.8 Å². The first-order valence-corrected chi connectivity index (χ1v) is 11.0. The molecule has 3 aromatic rings. The molecule has 0 radical (unpaired) electrons. The summed E-state index contributed by atoms with van der Waals surface area (Å²) in [5, 5.41) is 7.62. The molecule has 0 aliphatic carbocycles. The molecule has 4 nitrogen and oxygen atoms in total. The molecule has 2 aromatic carbocycles. The Labute approximate surface area is 173 Å². The summed E-state index contributed by atoms with van der Waals surface area (Å²) < 4.78 is 0. The van der Waals surface area contributed by atoms with Crippen LogP contribution in [0.2, 0.25) is 0 Å². The van der Waals surface area contributed by atoms with Gasteiger partial charge in [0.05, 0.1) is 4.88 Å². The van der Waals surface area contributed by atoms with Crippen molar-refractivity contribution in [1.82, 2.24) is 5.32 Å². The Morgan fingerprint density at radius 1 is 0.964 bits per heavy atom. The third kappa shape index (κ3) is 5.97. The number of anilines is 1. The molecule has 0 saturated carbocycles. The van der Waals surface area contributed by atoms with Crippen LogP contribution < -0.4 is 10.6 Å². The number of nitrogens with one attached hydrogen (secondary N) is 2. The van der Waals surface area contributed by atoms with Crippen molar-refractivity contribution in [3.05, 3.63) is 87.6 Å². The van der Waals surface area contributed by atoms with Crippen molar-refractivity contribution >= 4 is 40.6 Å².